The fourth-order valence-corrected chi connectivity index (χ4v) is 1.43. The van der Waals surface area contributed by atoms with E-state index >= 15 is 0 Å². The van der Waals surface area contributed by atoms with Gasteiger partial charge in [-0.15, -0.1) is 0 Å². The molecule has 0 atom stereocenters. The summed E-state index contributed by atoms with van der Waals surface area (Å²) < 4.78 is 0. The summed E-state index contributed by atoms with van der Waals surface area (Å²) in [5.74, 6) is -1.76. The van der Waals surface area contributed by atoms with Gasteiger partial charge in [0.1, 0.15) is 0 Å². The Balaban J connectivity index is 3.25. The minimum atomic E-state index is -1.24. The third-order valence-corrected chi connectivity index (χ3v) is 2.36. The number of aliphatic carboxylic acids is 1. The summed E-state index contributed by atoms with van der Waals surface area (Å²) in [5, 5.41) is 17.2. The lowest BCUT2D eigenvalue weighted by atomic mass is 10.1. The molecule has 0 aliphatic carbocycles. The van der Waals surface area contributed by atoms with Crippen molar-refractivity contribution < 1.29 is 15.0 Å². The fourth-order valence-electron chi connectivity index (χ4n) is 1.43. The number of aliphatic hydroxyl groups excluding tert-OH is 1. The Bertz CT molecular complexity index is 197. The van der Waals surface area contributed by atoms with Crippen LogP contribution < -0.4 is 0 Å². The van der Waals surface area contributed by atoms with Crippen LogP contribution in [0.1, 0.15) is 58.3 Å². The summed E-state index contributed by atoms with van der Waals surface area (Å²) in [6.07, 6.45) is 10.5. The normalized spacial score (nSPS) is 11.7. The standard InChI is InChI=1S/C12H22O3/c1-2-3-4-5-6-7-8-9-10-11(13)12(14)15/h10,13H,2-9H2,1H3,(H,14,15). The van der Waals surface area contributed by atoms with Crippen LogP contribution in [0.5, 0.6) is 0 Å². The maximum atomic E-state index is 10.2. The first-order valence-corrected chi connectivity index (χ1v) is 5.81. The lowest BCUT2D eigenvalue weighted by Crippen LogP contribution is -1.98. The SMILES string of the molecule is CCCCCCCCCC=C(O)C(=O)O. The van der Waals surface area contributed by atoms with Crippen molar-refractivity contribution in [3.05, 3.63) is 11.8 Å². The molecule has 0 aromatic rings. The molecule has 15 heavy (non-hydrogen) atoms. The van der Waals surface area contributed by atoms with Crippen LogP contribution in [0, 0.1) is 0 Å². The maximum Gasteiger partial charge on any atom is 0.370 e. The van der Waals surface area contributed by atoms with Gasteiger partial charge in [-0.25, -0.2) is 4.79 Å². The number of hydrogen-bond acceptors (Lipinski definition) is 2. The van der Waals surface area contributed by atoms with Crippen molar-refractivity contribution in [2.24, 2.45) is 0 Å². The Morgan fingerprint density at radius 2 is 1.53 bits per heavy atom. The summed E-state index contributed by atoms with van der Waals surface area (Å²) in [6, 6.07) is 0. The van der Waals surface area contributed by atoms with E-state index in [1.807, 2.05) is 0 Å². The quantitative estimate of drug-likeness (QED) is 0.350. The topological polar surface area (TPSA) is 57.5 Å². The zero-order valence-electron chi connectivity index (χ0n) is 9.54. The minimum Gasteiger partial charge on any atom is -0.502 e. The first-order chi connectivity index (χ1) is 7.18. The number of rotatable bonds is 9. The summed E-state index contributed by atoms with van der Waals surface area (Å²) in [6.45, 7) is 2.19. The molecule has 3 nitrogen and oxygen atoms in total. The first kappa shape index (κ1) is 14.0. The van der Waals surface area contributed by atoms with Gasteiger partial charge in [0.15, 0.2) is 5.76 Å². The molecule has 0 radical (unpaired) electrons. The lowest BCUT2D eigenvalue weighted by Gasteiger charge is -1.99. The molecule has 0 aromatic heterocycles. The van der Waals surface area contributed by atoms with Crippen LogP contribution >= 0.6 is 0 Å². The van der Waals surface area contributed by atoms with Crippen LogP contribution in [-0.4, -0.2) is 16.2 Å². The van der Waals surface area contributed by atoms with Crippen LogP contribution in [-0.2, 0) is 4.79 Å². The monoisotopic (exact) mass is 214 g/mol. The largest absolute Gasteiger partial charge is 0.502 e. The smallest absolute Gasteiger partial charge is 0.370 e. The summed E-state index contributed by atoms with van der Waals surface area (Å²) in [5.41, 5.74) is 0. The molecule has 0 unspecified atom stereocenters. The van der Waals surface area contributed by atoms with Gasteiger partial charge in [0.05, 0.1) is 0 Å². The molecule has 0 aliphatic heterocycles. The molecule has 88 valence electrons. The molecule has 0 bridgehead atoms. The van der Waals surface area contributed by atoms with Crippen LogP contribution in [0.2, 0.25) is 0 Å². The van der Waals surface area contributed by atoms with Crippen molar-refractivity contribution in [1.82, 2.24) is 0 Å². The fraction of sp³-hybridized carbons (Fsp3) is 0.750. The highest BCUT2D eigenvalue weighted by atomic mass is 16.4. The van der Waals surface area contributed by atoms with Gasteiger partial charge in [0, 0.05) is 0 Å². The Hall–Kier alpha value is -0.990. The highest BCUT2D eigenvalue weighted by molar-refractivity contribution is 5.83. The third kappa shape index (κ3) is 9.32. The summed E-state index contributed by atoms with van der Waals surface area (Å²) in [4.78, 5) is 10.2. The molecule has 3 heteroatoms. The number of aliphatic hydroxyl groups is 1. The Labute approximate surface area is 91.8 Å². The number of allylic oxidation sites excluding steroid dienone is 1. The van der Waals surface area contributed by atoms with Gasteiger partial charge >= 0.3 is 5.97 Å². The number of carboxylic acid groups (broad SMARTS) is 1. The summed E-state index contributed by atoms with van der Waals surface area (Å²) in [7, 11) is 0. The molecule has 0 spiro atoms. The maximum absolute atomic E-state index is 10.2. The highest BCUT2D eigenvalue weighted by Crippen LogP contribution is 2.09. The van der Waals surface area contributed by atoms with E-state index in [0.717, 1.165) is 12.8 Å². The second-order valence-electron chi connectivity index (χ2n) is 3.80. The Morgan fingerprint density at radius 3 is 2.07 bits per heavy atom. The highest BCUT2D eigenvalue weighted by Gasteiger charge is 2.01. The van der Waals surface area contributed by atoms with Crippen LogP contribution in [0.3, 0.4) is 0 Å². The van der Waals surface area contributed by atoms with Crippen molar-refractivity contribution in [1.29, 1.82) is 0 Å². The van der Waals surface area contributed by atoms with Crippen molar-refractivity contribution in [2.45, 2.75) is 58.3 Å². The number of carbonyl (C=O) groups is 1. The molecule has 0 fully saturated rings. The minimum absolute atomic E-state index is 0.527. The molecule has 0 heterocycles. The van der Waals surface area contributed by atoms with E-state index < -0.39 is 11.7 Å². The van der Waals surface area contributed by atoms with E-state index in [1.54, 1.807) is 0 Å². The van der Waals surface area contributed by atoms with E-state index in [4.69, 9.17) is 10.2 Å². The Morgan fingerprint density at radius 1 is 1.00 bits per heavy atom. The van der Waals surface area contributed by atoms with Crippen LogP contribution in [0.4, 0.5) is 0 Å². The molecular weight excluding hydrogens is 192 g/mol. The van der Waals surface area contributed by atoms with Crippen molar-refractivity contribution in [3.8, 4) is 0 Å². The number of unbranched alkanes of at least 4 members (excludes halogenated alkanes) is 7. The van der Waals surface area contributed by atoms with E-state index in [1.165, 1.54) is 38.2 Å². The molecule has 0 rings (SSSR count). The van der Waals surface area contributed by atoms with Gasteiger partial charge in [-0.3, -0.25) is 0 Å². The number of hydrogen-bond donors (Lipinski definition) is 2. The van der Waals surface area contributed by atoms with Gasteiger partial charge in [-0.1, -0.05) is 45.4 Å². The molecular formula is C12H22O3. The molecule has 0 aromatic carbocycles. The van der Waals surface area contributed by atoms with Crippen LogP contribution in [0.25, 0.3) is 0 Å². The zero-order chi connectivity index (χ0) is 11.5. The van der Waals surface area contributed by atoms with Gasteiger partial charge in [0.25, 0.3) is 0 Å². The van der Waals surface area contributed by atoms with Crippen molar-refractivity contribution >= 4 is 5.97 Å². The molecule has 0 amide bonds. The summed E-state index contributed by atoms with van der Waals surface area (Å²) >= 11 is 0. The molecule has 0 saturated heterocycles. The second-order valence-corrected chi connectivity index (χ2v) is 3.80. The van der Waals surface area contributed by atoms with E-state index in [-0.39, 0.29) is 0 Å². The Kier molecular flexibility index (Phi) is 8.93. The predicted octanol–water partition coefficient (Wildman–Crippen LogP) is 3.65. The van der Waals surface area contributed by atoms with E-state index in [2.05, 4.69) is 6.92 Å². The van der Waals surface area contributed by atoms with Crippen molar-refractivity contribution in [2.75, 3.05) is 0 Å². The average molecular weight is 214 g/mol. The van der Waals surface area contributed by atoms with E-state index in [0.29, 0.717) is 6.42 Å². The van der Waals surface area contributed by atoms with Gasteiger partial charge in [0.2, 0.25) is 0 Å². The zero-order valence-corrected chi connectivity index (χ0v) is 9.54. The second kappa shape index (κ2) is 9.56. The first-order valence-electron chi connectivity index (χ1n) is 5.81. The lowest BCUT2D eigenvalue weighted by molar-refractivity contribution is -0.135. The van der Waals surface area contributed by atoms with Gasteiger partial charge in [-0.05, 0) is 18.9 Å². The predicted molar refractivity (Wildman–Crippen MR) is 61.0 cm³/mol. The average Bonchev–Trinajstić information content (AvgIpc) is 2.21. The third-order valence-electron chi connectivity index (χ3n) is 2.36. The number of carboxylic acids is 1. The van der Waals surface area contributed by atoms with E-state index in [9.17, 15) is 4.79 Å². The van der Waals surface area contributed by atoms with Gasteiger partial charge in [-0.2, -0.15) is 0 Å². The molecule has 0 saturated carbocycles. The van der Waals surface area contributed by atoms with Gasteiger partial charge < -0.3 is 10.2 Å². The molecule has 2 N–H and O–H groups in total. The molecule has 0 aliphatic rings. The van der Waals surface area contributed by atoms with Crippen molar-refractivity contribution in [3.63, 3.8) is 0 Å². The van der Waals surface area contributed by atoms with Crippen LogP contribution in [0.15, 0.2) is 11.8 Å².